The summed E-state index contributed by atoms with van der Waals surface area (Å²) in [5.41, 5.74) is 10.8. The SMILES string of the molecule is NC(=O)C1COCCN1Cc1nnc(N)s1. The van der Waals surface area contributed by atoms with E-state index in [1.807, 2.05) is 4.90 Å². The Morgan fingerprint density at radius 1 is 1.62 bits per heavy atom. The second kappa shape index (κ2) is 4.73. The number of aromatic nitrogens is 2. The van der Waals surface area contributed by atoms with Crippen molar-refractivity contribution in [3.05, 3.63) is 5.01 Å². The van der Waals surface area contributed by atoms with Gasteiger partial charge in [0.25, 0.3) is 0 Å². The first-order valence-corrected chi connectivity index (χ1v) is 5.67. The van der Waals surface area contributed by atoms with Gasteiger partial charge in [-0.2, -0.15) is 0 Å². The molecule has 0 bridgehead atoms. The first-order valence-electron chi connectivity index (χ1n) is 4.86. The number of morpholine rings is 1. The normalized spacial score (nSPS) is 22.1. The molecule has 1 aromatic rings. The molecule has 16 heavy (non-hydrogen) atoms. The highest BCUT2D eigenvalue weighted by molar-refractivity contribution is 7.15. The van der Waals surface area contributed by atoms with Crippen LogP contribution in [-0.4, -0.2) is 46.8 Å². The van der Waals surface area contributed by atoms with E-state index in [1.54, 1.807) is 0 Å². The maximum atomic E-state index is 11.2. The minimum Gasteiger partial charge on any atom is -0.378 e. The summed E-state index contributed by atoms with van der Waals surface area (Å²) in [6.07, 6.45) is 0. The minimum absolute atomic E-state index is 0.337. The Labute approximate surface area is 96.4 Å². The first-order chi connectivity index (χ1) is 7.66. The zero-order valence-electron chi connectivity index (χ0n) is 8.63. The molecule has 0 radical (unpaired) electrons. The molecule has 1 aliphatic heterocycles. The molecular weight excluding hydrogens is 230 g/mol. The zero-order chi connectivity index (χ0) is 11.5. The number of nitrogens with zero attached hydrogens (tertiary/aromatic N) is 3. The van der Waals surface area contributed by atoms with Crippen molar-refractivity contribution in [3.8, 4) is 0 Å². The summed E-state index contributed by atoms with van der Waals surface area (Å²) >= 11 is 1.32. The summed E-state index contributed by atoms with van der Waals surface area (Å²) in [6, 6.07) is -0.390. The van der Waals surface area contributed by atoms with Crippen molar-refractivity contribution in [1.82, 2.24) is 15.1 Å². The summed E-state index contributed by atoms with van der Waals surface area (Å²) in [4.78, 5) is 13.1. The van der Waals surface area contributed by atoms with E-state index in [1.165, 1.54) is 11.3 Å². The summed E-state index contributed by atoms with van der Waals surface area (Å²) in [7, 11) is 0. The summed E-state index contributed by atoms with van der Waals surface area (Å²) in [6.45, 7) is 2.13. The van der Waals surface area contributed by atoms with Gasteiger partial charge < -0.3 is 16.2 Å². The summed E-state index contributed by atoms with van der Waals surface area (Å²) < 4.78 is 5.22. The number of rotatable bonds is 3. The van der Waals surface area contributed by atoms with Gasteiger partial charge in [-0.3, -0.25) is 9.69 Å². The molecular formula is C8H13N5O2S. The smallest absolute Gasteiger partial charge is 0.237 e. The van der Waals surface area contributed by atoms with Crippen LogP contribution in [0.2, 0.25) is 0 Å². The molecule has 7 nitrogen and oxygen atoms in total. The predicted octanol–water partition coefficient (Wildman–Crippen LogP) is -1.19. The molecule has 0 saturated carbocycles. The summed E-state index contributed by atoms with van der Waals surface area (Å²) in [5.74, 6) is -0.378. The number of carbonyl (C=O) groups is 1. The Bertz CT molecular complexity index is 382. The Morgan fingerprint density at radius 2 is 2.44 bits per heavy atom. The van der Waals surface area contributed by atoms with E-state index in [4.69, 9.17) is 16.2 Å². The van der Waals surface area contributed by atoms with Crippen molar-refractivity contribution in [3.63, 3.8) is 0 Å². The number of nitrogen functional groups attached to an aromatic ring is 1. The fourth-order valence-corrected chi connectivity index (χ4v) is 2.23. The number of primary amides is 1. The van der Waals surface area contributed by atoms with Crippen LogP contribution in [0.3, 0.4) is 0 Å². The average molecular weight is 243 g/mol. The molecule has 2 heterocycles. The number of anilines is 1. The molecule has 1 saturated heterocycles. The Hall–Kier alpha value is -1.25. The lowest BCUT2D eigenvalue weighted by atomic mass is 10.2. The van der Waals surface area contributed by atoms with Crippen LogP contribution in [0.25, 0.3) is 0 Å². The van der Waals surface area contributed by atoms with E-state index in [0.717, 1.165) is 5.01 Å². The van der Waals surface area contributed by atoms with E-state index >= 15 is 0 Å². The third-order valence-corrected chi connectivity index (χ3v) is 3.13. The van der Waals surface area contributed by atoms with Gasteiger partial charge >= 0.3 is 0 Å². The van der Waals surface area contributed by atoms with Crippen molar-refractivity contribution >= 4 is 22.4 Å². The third-order valence-electron chi connectivity index (χ3n) is 2.39. The molecule has 0 aliphatic carbocycles. The van der Waals surface area contributed by atoms with E-state index < -0.39 is 0 Å². The lowest BCUT2D eigenvalue weighted by Crippen LogP contribution is -2.51. The van der Waals surface area contributed by atoms with E-state index in [2.05, 4.69) is 10.2 Å². The van der Waals surface area contributed by atoms with E-state index in [-0.39, 0.29) is 11.9 Å². The highest BCUT2D eigenvalue weighted by atomic mass is 32.1. The lowest BCUT2D eigenvalue weighted by Gasteiger charge is -2.32. The van der Waals surface area contributed by atoms with E-state index in [9.17, 15) is 4.79 Å². The maximum absolute atomic E-state index is 11.2. The molecule has 4 N–H and O–H groups in total. The van der Waals surface area contributed by atoms with Crippen LogP contribution >= 0.6 is 11.3 Å². The molecule has 88 valence electrons. The van der Waals surface area contributed by atoms with Crippen LogP contribution in [0.1, 0.15) is 5.01 Å². The molecule has 8 heteroatoms. The Balaban J connectivity index is 2.03. The Kier molecular flexibility index (Phi) is 3.32. The van der Waals surface area contributed by atoms with Crippen molar-refractivity contribution < 1.29 is 9.53 Å². The molecule has 0 aromatic carbocycles. The highest BCUT2D eigenvalue weighted by Crippen LogP contribution is 2.16. The number of amides is 1. The molecule has 1 aromatic heterocycles. The van der Waals surface area contributed by atoms with Crippen LogP contribution in [-0.2, 0) is 16.1 Å². The monoisotopic (exact) mass is 243 g/mol. The van der Waals surface area contributed by atoms with Crippen LogP contribution < -0.4 is 11.5 Å². The standard InChI is InChI=1S/C8H13N5O2S/c9-7(14)5-4-15-2-1-13(5)3-6-11-12-8(10)16-6/h5H,1-4H2,(H2,9,14)(H2,10,12). The number of ether oxygens (including phenoxy) is 1. The molecule has 1 unspecified atom stereocenters. The Morgan fingerprint density at radius 3 is 3.06 bits per heavy atom. The second-order valence-corrected chi connectivity index (χ2v) is 4.59. The molecule has 1 aliphatic rings. The van der Waals surface area contributed by atoms with Gasteiger partial charge in [-0.25, -0.2) is 0 Å². The van der Waals surface area contributed by atoms with Gasteiger partial charge in [0.15, 0.2) is 0 Å². The molecule has 2 rings (SSSR count). The van der Waals surface area contributed by atoms with Gasteiger partial charge in [0.05, 0.1) is 19.8 Å². The van der Waals surface area contributed by atoms with Crippen LogP contribution in [0, 0.1) is 0 Å². The van der Waals surface area contributed by atoms with Gasteiger partial charge in [0.1, 0.15) is 11.0 Å². The van der Waals surface area contributed by atoms with Gasteiger partial charge in [0.2, 0.25) is 11.0 Å². The molecule has 1 amide bonds. The van der Waals surface area contributed by atoms with Gasteiger partial charge in [-0.05, 0) is 0 Å². The maximum Gasteiger partial charge on any atom is 0.237 e. The summed E-state index contributed by atoms with van der Waals surface area (Å²) in [5, 5.41) is 8.85. The number of carbonyl (C=O) groups excluding carboxylic acids is 1. The highest BCUT2D eigenvalue weighted by Gasteiger charge is 2.28. The van der Waals surface area contributed by atoms with Crippen molar-refractivity contribution in [2.24, 2.45) is 5.73 Å². The van der Waals surface area contributed by atoms with Gasteiger partial charge in [-0.15, -0.1) is 10.2 Å². The van der Waals surface area contributed by atoms with Crippen LogP contribution in [0.4, 0.5) is 5.13 Å². The minimum atomic E-state index is -0.390. The van der Waals surface area contributed by atoms with E-state index in [0.29, 0.717) is 31.4 Å². The molecule has 0 spiro atoms. The molecule has 1 fully saturated rings. The first kappa shape index (κ1) is 11.2. The second-order valence-electron chi connectivity index (χ2n) is 3.50. The van der Waals surface area contributed by atoms with Gasteiger partial charge in [-0.1, -0.05) is 11.3 Å². The average Bonchev–Trinajstić information content (AvgIpc) is 2.64. The third kappa shape index (κ3) is 2.46. The molecule has 1 atom stereocenters. The van der Waals surface area contributed by atoms with Crippen LogP contribution in [0.5, 0.6) is 0 Å². The largest absolute Gasteiger partial charge is 0.378 e. The predicted molar refractivity (Wildman–Crippen MR) is 58.5 cm³/mol. The fraction of sp³-hybridized carbons (Fsp3) is 0.625. The van der Waals surface area contributed by atoms with Crippen molar-refractivity contribution in [2.45, 2.75) is 12.6 Å². The quantitative estimate of drug-likeness (QED) is 0.691. The number of hydrogen-bond acceptors (Lipinski definition) is 7. The topological polar surface area (TPSA) is 107 Å². The lowest BCUT2D eigenvalue weighted by molar-refractivity contribution is -0.129. The zero-order valence-corrected chi connectivity index (χ0v) is 9.44. The van der Waals surface area contributed by atoms with Crippen LogP contribution in [0.15, 0.2) is 0 Å². The van der Waals surface area contributed by atoms with Gasteiger partial charge in [0, 0.05) is 6.54 Å². The van der Waals surface area contributed by atoms with Crippen molar-refractivity contribution in [2.75, 3.05) is 25.5 Å². The fourth-order valence-electron chi connectivity index (χ4n) is 1.59. The number of nitrogens with two attached hydrogens (primary N) is 2. The van der Waals surface area contributed by atoms with Crippen molar-refractivity contribution in [1.29, 1.82) is 0 Å². The number of hydrogen-bond donors (Lipinski definition) is 2.